The van der Waals surface area contributed by atoms with Crippen molar-refractivity contribution in [3.8, 4) is 0 Å². The third-order valence-corrected chi connectivity index (χ3v) is 3.09. The Morgan fingerprint density at radius 1 is 1.53 bits per heavy atom. The van der Waals surface area contributed by atoms with E-state index < -0.39 is 18.2 Å². The fourth-order valence-corrected chi connectivity index (χ4v) is 1.97. The van der Waals surface area contributed by atoms with Crippen LogP contribution in [-0.2, 0) is 20.8 Å². The average Bonchev–Trinajstić information content (AvgIpc) is 2.95. The van der Waals surface area contributed by atoms with Gasteiger partial charge in [-0.2, -0.15) is 0 Å². The van der Waals surface area contributed by atoms with Crippen LogP contribution in [0.2, 0.25) is 0 Å². The smallest absolute Gasteiger partial charge is 0.350 e. The lowest BCUT2D eigenvalue weighted by atomic mass is 10.0. The first-order valence-corrected chi connectivity index (χ1v) is 6.23. The summed E-state index contributed by atoms with van der Waals surface area (Å²) < 4.78 is 4.57. The molecule has 0 aromatic heterocycles. The first-order valence-electron chi connectivity index (χ1n) is 6.23. The van der Waals surface area contributed by atoms with Gasteiger partial charge in [0.1, 0.15) is 0 Å². The number of benzene rings is 1. The van der Waals surface area contributed by atoms with Gasteiger partial charge in [0.05, 0.1) is 18.9 Å². The van der Waals surface area contributed by atoms with Gasteiger partial charge in [-0.25, -0.2) is 4.79 Å². The van der Waals surface area contributed by atoms with E-state index in [1.165, 1.54) is 7.11 Å². The zero-order chi connectivity index (χ0) is 13.7. The molecule has 1 aromatic rings. The molecule has 19 heavy (non-hydrogen) atoms. The molecule has 1 aromatic carbocycles. The fourth-order valence-electron chi connectivity index (χ4n) is 1.97. The first-order chi connectivity index (χ1) is 9.20. The Bertz CT molecular complexity index is 458. The van der Waals surface area contributed by atoms with Crippen molar-refractivity contribution in [3.63, 3.8) is 0 Å². The largest absolute Gasteiger partial charge is 0.466 e. The van der Waals surface area contributed by atoms with E-state index in [1.54, 1.807) is 0 Å². The second-order valence-corrected chi connectivity index (χ2v) is 4.44. The van der Waals surface area contributed by atoms with E-state index in [2.05, 4.69) is 9.89 Å². The number of carbonyl (C=O) groups is 1. The first kappa shape index (κ1) is 13.5. The number of carbonyl (C=O) groups excluding carboxylic acids is 1. The molecule has 2 rings (SSSR count). The van der Waals surface area contributed by atoms with Crippen molar-refractivity contribution in [2.75, 3.05) is 7.11 Å². The minimum absolute atomic E-state index is 0.294. The van der Waals surface area contributed by atoms with Gasteiger partial charge in [0.25, 0.3) is 0 Å². The molecule has 5 heteroatoms. The minimum Gasteiger partial charge on any atom is -0.466 e. The Morgan fingerprint density at radius 3 is 2.95 bits per heavy atom. The number of methoxy groups -OCH3 is 1. The molecule has 0 aliphatic carbocycles. The average molecular weight is 263 g/mol. The lowest BCUT2D eigenvalue weighted by molar-refractivity contribution is -0.152. The number of aryl methyl sites for hydroxylation is 1. The Kier molecular flexibility index (Phi) is 4.52. The van der Waals surface area contributed by atoms with Crippen molar-refractivity contribution < 1.29 is 19.5 Å². The Labute approximate surface area is 111 Å². The van der Waals surface area contributed by atoms with Crippen LogP contribution in [0.25, 0.3) is 0 Å². The van der Waals surface area contributed by atoms with Gasteiger partial charge in [0, 0.05) is 6.42 Å². The second-order valence-electron chi connectivity index (χ2n) is 4.44. The van der Waals surface area contributed by atoms with Crippen LogP contribution in [0.4, 0.5) is 0 Å². The van der Waals surface area contributed by atoms with E-state index in [0.717, 1.165) is 12.0 Å². The topological polar surface area (TPSA) is 68.1 Å². The summed E-state index contributed by atoms with van der Waals surface area (Å²) >= 11 is 0. The van der Waals surface area contributed by atoms with Gasteiger partial charge < -0.3 is 14.7 Å². The number of oxime groups is 1. The maximum absolute atomic E-state index is 11.3. The van der Waals surface area contributed by atoms with Crippen molar-refractivity contribution in [3.05, 3.63) is 35.9 Å². The van der Waals surface area contributed by atoms with Crippen LogP contribution in [0.15, 0.2) is 35.5 Å². The summed E-state index contributed by atoms with van der Waals surface area (Å²) in [4.78, 5) is 16.2. The normalized spacial score (nSPS) is 19.5. The van der Waals surface area contributed by atoms with Gasteiger partial charge >= 0.3 is 5.97 Å². The van der Waals surface area contributed by atoms with E-state index >= 15 is 0 Å². The van der Waals surface area contributed by atoms with Crippen LogP contribution in [0.1, 0.15) is 18.4 Å². The SMILES string of the molecule is COC(=O)[C@H]1CC([C@H](O)CCc2ccccc2)=NO1. The third kappa shape index (κ3) is 3.54. The van der Waals surface area contributed by atoms with Gasteiger partial charge in [-0.15, -0.1) is 0 Å². The van der Waals surface area contributed by atoms with Crippen LogP contribution < -0.4 is 0 Å². The lowest BCUT2D eigenvalue weighted by Crippen LogP contribution is -2.26. The lowest BCUT2D eigenvalue weighted by Gasteiger charge is -2.09. The number of hydrogen-bond acceptors (Lipinski definition) is 5. The highest BCUT2D eigenvalue weighted by atomic mass is 16.7. The highest BCUT2D eigenvalue weighted by Crippen LogP contribution is 2.17. The van der Waals surface area contributed by atoms with E-state index in [-0.39, 0.29) is 0 Å². The van der Waals surface area contributed by atoms with Crippen LogP contribution >= 0.6 is 0 Å². The molecule has 0 saturated heterocycles. The molecule has 0 saturated carbocycles. The van der Waals surface area contributed by atoms with E-state index in [4.69, 9.17) is 4.84 Å². The fraction of sp³-hybridized carbons (Fsp3) is 0.429. The third-order valence-electron chi connectivity index (χ3n) is 3.09. The summed E-state index contributed by atoms with van der Waals surface area (Å²) in [6.45, 7) is 0. The molecular weight excluding hydrogens is 246 g/mol. The number of nitrogens with zero attached hydrogens (tertiary/aromatic N) is 1. The quantitative estimate of drug-likeness (QED) is 0.813. The van der Waals surface area contributed by atoms with Gasteiger partial charge in [-0.3, -0.25) is 0 Å². The van der Waals surface area contributed by atoms with Crippen molar-refractivity contribution in [1.82, 2.24) is 0 Å². The summed E-state index contributed by atoms with van der Waals surface area (Å²) in [7, 11) is 1.30. The summed E-state index contributed by atoms with van der Waals surface area (Å²) in [5, 5.41) is 13.8. The summed E-state index contributed by atoms with van der Waals surface area (Å²) in [5.41, 5.74) is 1.66. The number of aliphatic hydroxyl groups excluding tert-OH is 1. The van der Waals surface area contributed by atoms with E-state index in [1.807, 2.05) is 30.3 Å². The summed E-state index contributed by atoms with van der Waals surface area (Å²) in [5.74, 6) is -0.464. The van der Waals surface area contributed by atoms with Crippen molar-refractivity contribution >= 4 is 11.7 Å². The van der Waals surface area contributed by atoms with Crippen LogP contribution in [0.3, 0.4) is 0 Å². The Morgan fingerprint density at radius 2 is 2.26 bits per heavy atom. The van der Waals surface area contributed by atoms with Crippen LogP contribution in [0, 0.1) is 0 Å². The standard InChI is InChI=1S/C14H17NO4/c1-18-14(17)13-9-11(15-19-13)12(16)8-7-10-5-3-2-4-6-10/h2-6,12-13,16H,7-9H2,1H3/t12-,13-/m1/s1. The number of hydrogen-bond donors (Lipinski definition) is 1. The number of esters is 1. The van der Waals surface area contributed by atoms with E-state index in [0.29, 0.717) is 18.6 Å². The number of ether oxygens (including phenoxy) is 1. The molecule has 0 unspecified atom stereocenters. The molecule has 1 heterocycles. The van der Waals surface area contributed by atoms with Crippen molar-refractivity contribution in [1.29, 1.82) is 0 Å². The molecule has 1 N–H and O–H groups in total. The zero-order valence-electron chi connectivity index (χ0n) is 10.8. The predicted molar refractivity (Wildman–Crippen MR) is 69.7 cm³/mol. The molecule has 0 spiro atoms. The van der Waals surface area contributed by atoms with Gasteiger partial charge in [-0.05, 0) is 18.4 Å². The minimum atomic E-state index is -0.716. The maximum Gasteiger partial charge on any atom is 0.350 e. The second kappa shape index (κ2) is 6.33. The monoisotopic (exact) mass is 263 g/mol. The highest BCUT2D eigenvalue weighted by Gasteiger charge is 2.31. The molecule has 5 nitrogen and oxygen atoms in total. The molecule has 1 aliphatic heterocycles. The molecule has 2 atom stereocenters. The van der Waals surface area contributed by atoms with Crippen LogP contribution in [-0.4, -0.2) is 36.1 Å². The Hall–Kier alpha value is -1.88. The highest BCUT2D eigenvalue weighted by molar-refractivity contribution is 5.93. The summed E-state index contributed by atoms with van der Waals surface area (Å²) in [6, 6.07) is 9.90. The molecule has 0 fully saturated rings. The van der Waals surface area contributed by atoms with Gasteiger partial charge in [0.2, 0.25) is 6.10 Å². The number of rotatable bonds is 5. The van der Waals surface area contributed by atoms with Crippen molar-refractivity contribution in [2.45, 2.75) is 31.5 Å². The molecule has 1 aliphatic rings. The zero-order valence-corrected chi connectivity index (χ0v) is 10.8. The van der Waals surface area contributed by atoms with Crippen molar-refractivity contribution in [2.24, 2.45) is 5.16 Å². The molecule has 102 valence electrons. The molecular formula is C14H17NO4. The maximum atomic E-state index is 11.3. The molecule has 0 bridgehead atoms. The predicted octanol–water partition coefficient (Wildman–Crippen LogP) is 1.30. The Balaban J connectivity index is 1.81. The van der Waals surface area contributed by atoms with Gasteiger partial charge in [0.15, 0.2) is 0 Å². The molecule has 0 radical (unpaired) electrons. The van der Waals surface area contributed by atoms with Crippen LogP contribution in [0.5, 0.6) is 0 Å². The molecule has 0 amide bonds. The van der Waals surface area contributed by atoms with Gasteiger partial charge in [-0.1, -0.05) is 35.5 Å². The summed E-state index contributed by atoms with van der Waals surface area (Å²) in [6.07, 6.45) is 0.202. The number of aliphatic hydroxyl groups is 1. The van der Waals surface area contributed by atoms with E-state index in [9.17, 15) is 9.90 Å².